The van der Waals surface area contributed by atoms with Gasteiger partial charge in [-0.25, -0.2) is 0 Å². The number of para-hydroxylation sites is 2. The Balaban J connectivity index is 1.64. The molecule has 29 heavy (non-hydrogen) atoms. The van der Waals surface area contributed by atoms with Gasteiger partial charge in [-0.05, 0) is 31.0 Å². The van der Waals surface area contributed by atoms with Crippen LogP contribution in [0, 0.1) is 10.1 Å². The van der Waals surface area contributed by atoms with Crippen LogP contribution in [-0.4, -0.2) is 41.2 Å². The van der Waals surface area contributed by atoms with E-state index in [0.717, 1.165) is 17.7 Å². The average Bonchev–Trinajstić information content (AvgIpc) is 2.73. The first-order valence-corrected chi connectivity index (χ1v) is 9.95. The summed E-state index contributed by atoms with van der Waals surface area (Å²) in [7, 11) is 0. The molecule has 0 saturated carbocycles. The molecule has 3 rings (SSSR count). The van der Waals surface area contributed by atoms with Crippen LogP contribution in [0.5, 0.6) is 0 Å². The minimum absolute atomic E-state index is 0.0166. The summed E-state index contributed by atoms with van der Waals surface area (Å²) >= 11 is 1.66. The van der Waals surface area contributed by atoms with Crippen LogP contribution in [0.4, 0.5) is 11.4 Å². The molecule has 0 unspecified atom stereocenters. The Hall–Kier alpha value is -2.91. The van der Waals surface area contributed by atoms with Crippen LogP contribution >= 0.6 is 11.8 Å². The quantitative estimate of drug-likeness (QED) is 0.426. The Kier molecular flexibility index (Phi) is 6.84. The third kappa shape index (κ3) is 5.55. The van der Waals surface area contributed by atoms with Crippen LogP contribution in [-0.2, 0) is 14.3 Å². The number of nitrogens with one attached hydrogen (secondary N) is 2. The molecule has 2 aromatic rings. The lowest BCUT2D eigenvalue weighted by atomic mass is 9.99. The van der Waals surface area contributed by atoms with Gasteiger partial charge in [0.15, 0.2) is 0 Å². The number of nitro benzene ring substituents is 1. The number of rotatable bonds is 6. The van der Waals surface area contributed by atoms with E-state index in [1.807, 2.05) is 30.3 Å². The van der Waals surface area contributed by atoms with Gasteiger partial charge in [-0.2, -0.15) is 0 Å². The first-order chi connectivity index (χ1) is 14.0. The molecule has 1 heterocycles. The summed E-state index contributed by atoms with van der Waals surface area (Å²) in [5, 5.41) is 16.1. The van der Waals surface area contributed by atoms with E-state index in [0.29, 0.717) is 19.8 Å². The molecule has 2 amide bonds. The van der Waals surface area contributed by atoms with Gasteiger partial charge in [-0.1, -0.05) is 30.3 Å². The molecule has 0 radical (unpaired) electrons. The molecule has 0 bridgehead atoms. The first kappa shape index (κ1) is 20.8. The summed E-state index contributed by atoms with van der Waals surface area (Å²) in [4.78, 5) is 36.1. The van der Waals surface area contributed by atoms with Crippen molar-refractivity contribution in [3.63, 3.8) is 0 Å². The number of nitro groups is 1. The van der Waals surface area contributed by atoms with Crippen molar-refractivity contribution < 1.29 is 19.2 Å². The second-order valence-corrected chi connectivity index (χ2v) is 8.16. The normalized spacial score (nSPS) is 15.3. The molecule has 1 aliphatic rings. The van der Waals surface area contributed by atoms with E-state index in [1.165, 1.54) is 18.2 Å². The molecule has 1 fully saturated rings. The number of thioether (sulfide) groups is 1. The van der Waals surface area contributed by atoms with Crippen LogP contribution in [0.15, 0.2) is 59.5 Å². The van der Waals surface area contributed by atoms with E-state index in [4.69, 9.17) is 4.74 Å². The van der Waals surface area contributed by atoms with Crippen LogP contribution in [0.2, 0.25) is 0 Å². The number of hydrogen-bond donors (Lipinski definition) is 2. The summed E-state index contributed by atoms with van der Waals surface area (Å²) in [6.07, 6.45) is 1.47. The van der Waals surface area contributed by atoms with Gasteiger partial charge in [0.2, 0.25) is 0 Å². The van der Waals surface area contributed by atoms with E-state index in [9.17, 15) is 19.7 Å². The highest BCUT2D eigenvalue weighted by Crippen LogP contribution is 2.40. The van der Waals surface area contributed by atoms with Crippen molar-refractivity contribution in [2.45, 2.75) is 22.5 Å². The van der Waals surface area contributed by atoms with Crippen molar-refractivity contribution in [1.82, 2.24) is 5.32 Å². The molecule has 0 aliphatic carbocycles. The standard InChI is InChI=1S/C20H21N3O5S/c24-18(19(25)22-16-8-4-5-9-17(16)23(26)27)21-14-20(10-12-28-13-11-20)29-15-6-2-1-3-7-15/h1-9H,10-14H2,(H,21,24)(H,22,25). The predicted molar refractivity (Wildman–Crippen MR) is 110 cm³/mol. The van der Waals surface area contributed by atoms with Gasteiger partial charge in [-0.15, -0.1) is 11.8 Å². The number of hydrogen-bond acceptors (Lipinski definition) is 6. The van der Waals surface area contributed by atoms with Gasteiger partial charge in [0, 0.05) is 35.5 Å². The second-order valence-electron chi connectivity index (χ2n) is 6.62. The van der Waals surface area contributed by atoms with Crippen LogP contribution in [0.25, 0.3) is 0 Å². The lowest BCUT2D eigenvalue weighted by molar-refractivity contribution is -0.383. The SMILES string of the molecule is O=C(NCC1(Sc2ccccc2)CCOCC1)C(=O)Nc1ccccc1[N+](=O)[O-]. The van der Waals surface area contributed by atoms with Gasteiger partial charge >= 0.3 is 11.8 Å². The smallest absolute Gasteiger partial charge is 0.313 e. The number of ether oxygens (including phenoxy) is 1. The predicted octanol–water partition coefficient (Wildman–Crippen LogP) is 2.99. The molecule has 2 N–H and O–H groups in total. The Bertz CT molecular complexity index is 885. The van der Waals surface area contributed by atoms with Gasteiger partial charge in [0.25, 0.3) is 5.69 Å². The van der Waals surface area contributed by atoms with Crippen molar-refractivity contribution in [1.29, 1.82) is 0 Å². The molecule has 8 nitrogen and oxygen atoms in total. The Morgan fingerprint density at radius 2 is 1.69 bits per heavy atom. The zero-order chi connectivity index (χ0) is 20.7. The second kappa shape index (κ2) is 9.53. The minimum Gasteiger partial charge on any atom is -0.381 e. The topological polar surface area (TPSA) is 111 Å². The molecule has 0 aromatic heterocycles. The van der Waals surface area contributed by atoms with E-state index in [1.54, 1.807) is 17.8 Å². The highest BCUT2D eigenvalue weighted by molar-refractivity contribution is 8.00. The van der Waals surface area contributed by atoms with E-state index < -0.39 is 16.7 Å². The fraction of sp³-hybridized carbons (Fsp3) is 0.300. The molecule has 0 atom stereocenters. The third-order valence-corrected chi connectivity index (χ3v) is 6.10. The lowest BCUT2D eigenvalue weighted by Crippen LogP contribution is -2.47. The fourth-order valence-corrected chi connectivity index (χ4v) is 4.34. The Labute approximate surface area is 172 Å². The van der Waals surface area contributed by atoms with E-state index >= 15 is 0 Å². The average molecular weight is 415 g/mol. The number of anilines is 1. The van der Waals surface area contributed by atoms with E-state index in [-0.39, 0.29) is 16.1 Å². The number of amides is 2. The molecule has 1 aliphatic heterocycles. The highest BCUT2D eigenvalue weighted by Gasteiger charge is 2.35. The monoisotopic (exact) mass is 415 g/mol. The number of nitrogens with zero attached hydrogens (tertiary/aromatic N) is 1. The molecular weight excluding hydrogens is 394 g/mol. The maximum atomic E-state index is 12.3. The molecule has 1 saturated heterocycles. The maximum absolute atomic E-state index is 12.3. The molecule has 152 valence electrons. The summed E-state index contributed by atoms with van der Waals surface area (Å²) in [6, 6.07) is 15.5. The van der Waals surface area contributed by atoms with Crippen molar-refractivity contribution in [3.05, 3.63) is 64.7 Å². The number of carbonyl (C=O) groups excluding carboxylic acids is 2. The summed E-state index contributed by atoms with van der Waals surface area (Å²) in [6.45, 7) is 1.45. The first-order valence-electron chi connectivity index (χ1n) is 9.13. The van der Waals surface area contributed by atoms with Crippen LogP contribution in [0.1, 0.15) is 12.8 Å². The van der Waals surface area contributed by atoms with Gasteiger partial charge in [0.05, 0.1) is 4.92 Å². The third-order valence-electron chi connectivity index (χ3n) is 4.61. The van der Waals surface area contributed by atoms with Crippen molar-refractivity contribution >= 4 is 35.0 Å². The molecule has 0 spiro atoms. The number of carbonyl (C=O) groups is 2. The van der Waals surface area contributed by atoms with Crippen LogP contribution in [0.3, 0.4) is 0 Å². The Morgan fingerprint density at radius 3 is 2.38 bits per heavy atom. The maximum Gasteiger partial charge on any atom is 0.313 e. The van der Waals surface area contributed by atoms with Gasteiger partial charge in [-0.3, -0.25) is 19.7 Å². The summed E-state index contributed by atoms with van der Waals surface area (Å²) < 4.78 is 5.18. The van der Waals surface area contributed by atoms with E-state index in [2.05, 4.69) is 10.6 Å². The van der Waals surface area contributed by atoms with Gasteiger partial charge < -0.3 is 15.4 Å². The summed E-state index contributed by atoms with van der Waals surface area (Å²) in [5.74, 6) is -1.77. The Morgan fingerprint density at radius 1 is 1.03 bits per heavy atom. The zero-order valence-corrected chi connectivity index (χ0v) is 16.4. The van der Waals surface area contributed by atoms with Crippen molar-refractivity contribution in [3.8, 4) is 0 Å². The minimum atomic E-state index is -0.939. The fourth-order valence-electron chi connectivity index (χ4n) is 3.04. The van der Waals surface area contributed by atoms with Crippen LogP contribution < -0.4 is 10.6 Å². The van der Waals surface area contributed by atoms with Crippen molar-refractivity contribution in [2.24, 2.45) is 0 Å². The molecule has 9 heteroatoms. The number of benzene rings is 2. The largest absolute Gasteiger partial charge is 0.381 e. The summed E-state index contributed by atoms with van der Waals surface area (Å²) in [5.41, 5.74) is -0.286. The highest BCUT2D eigenvalue weighted by atomic mass is 32.2. The lowest BCUT2D eigenvalue weighted by Gasteiger charge is -2.36. The van der Waals surface area contributed by atoms with Gasteiger partial charge in [0.1, 0.15) is 5.69 Å². The molecular formula is C20H21N3O5S. The van der Waals surface area contributed by atoms with Crippen molar-refractivity contribution in [2.75, 3.05) is 25.1 Å². The zero-order valence-electron chi connectivity index (χ0n) is 15.6. The molecule has 2 aromatic carbocycles.